The number of hydrogen-bond acceptors (Lipinski definition) is 3. The van der Waals surface area contributed by atoms with E-state index in [1.165, 1.54) is 64.6 Å². The van der Waals surface area contributed by atoms with Crippen LogP contribution in [0.15, 0.2) is 0 Å². The van der Waals surface area contributed by atoms with Crippen molar-refractivity contribution in [3.8, 4) is 0 Å². The van der Waals surface area contributed by atoms with Crippen LogP contribution in [-0.4, -0.2) is 62.2 Å². The van der Waals surface area contributed by atoms with Gasteiger partial charge in [0, 0.05) is 18.6 Å². The molecule has 0 amide bonds. The molecule has 1 aliphatic rings. The maximum absolute atomic E-state index is 3.75. The van der Waals surface area contributed by atoms with Gasteiger partial charge in [0.25, 0.3) is 0 Å². The zero-order chi connectivity index (χ0) is 14.8. The zero-order valence-corrected chi connectivity index (χ0v) is 14.3. The van der Waals surface area contributed by atoms with Gasteiger partial charge in [0.15, 0.2) is 0 Å². The van der Waals surface area contributed by atoms with E-state index < -0.39 is 0 Å². The third-order valence-electron chi connectivity index (χ3n) is 4.66. The summed E-state index contributed by atoms with van der Waals surface area (Å²) in [6.45, 7) is 9.32. The summed E-state index contributed by atoms with van der Waals surface area (Å²) in [4.78, 5) is 5.10. The van der Waals surface area contributed by atoms with Gasteiger partial charge in [0.2, 0.25) is 0 Å². The average molecular weight is 284 g/mol. The minimum absolute atomic E-state index is 0.659. The minimum atomic E-state index is 0.659. The number of nitrogens with zero attached hydrogens (tertiary/aromatic N) is 2. The molecule has 1 heterocycles. The van der Waals surface area contributed by atoms with Crippen molar-refractivity contribution in [2.24, 2.45) is 0 Å². The number of rotatable bonds is 9. The van der Waals surface area contributed by atoms with Crippen LogP contribution >= 0.6 is 0 Å². The molecule has 1 fully saturated rings. The minimum Gasteiger partial charge on any atom is -0.313 e. The first-order chi connectivity index (χ1) is 9.69. The van der Waals surface area contributed by atoms with Crippen molar-refractivity contribution in [2.75, 3.05) is 40.3 Å². The molecule has 0 bridgehead atoms. The lowest BCUT2D eigenvalue weighted by atomic mass is 9.99. The van der Waals surface area contributed by atoms with Crippen LogP contribution in [0.3, 0.4) is 0 Å². The molecule has 1 rings (SSSR count). The molecule has 20 heavy (non-hydrogen) atoms. The van der Waals surface area contributed by atoms with E-state index in [4.69, 9.17) is 0 Å². The van der Waals surface area contributed by atoms with Gasteiger partial charge in [-0.2, -0.15) is 0 Å². The topological polar surface area (TPSA) is 18.5 Å². The van der Waals surface area contributed by atoms with Crippen LogP contribution in [0.5, 0.6) is 0 Å². The highest BCUT2D eigenvalue weighted by molar-refractivity contribution is 4.87. The van der Waals surface area contributed by atoms with Gasteiger partial charge in [-0.3, -0.25) is 0 Å². The number of hydrogen-bond donors (Lipinski definition) is 1. The van der Waals surface area contributed by atoms with Gasteiger partial charge in [-0.05, 0) is 46.6 Å². The van der Waals surface area contributed by atoms with E-state index in [1.807, 2.05) is 0 Å². The van der Waals surface area contributed by atoms with Crippen molar-refractivity contribution < 1.29 is 0 Å². The fourth-order valence-electron chi connectivity index (χ4n) is 3.40. The number of likely N-dealkylation sites (N-methyl/N-ethyl adjacent to an activating group) is 3. The summed E-state index contributed by atoms with van der Waals surface area (Å²) in [7, 11) is 4.58. The van der Waals surface area contributed by atoms with Gasteiger partial charge < -0.3 is 15.1 Å². The zero-order valence-electron chi connectivity index (χ0n) is 14.3. The lowest BCUT2D eigenvalue weighted by Crippen LogP contribution is -2.52. The SMILES string of the molecule is CCCCCCCC(NCC)C1CN(C)CCCN1C. The standard InChI is InChI=1S/C17H37N3/c1-5-7-8-9-10-12-16(18-6-2)17-15-19(3)13-11-14-20(17)4/h16-18H,5-15H2,1-4H3. The summed E-state index contributed by atoms with van der Waals surface area (Å²) >= 11 is 0. The first-order valence-electron chi connectivity index (χ1n) is 8.81. The molecule has 3 nitrogen and oxygen atoms in total. The van der Waals surface area contributed by atoms with E-state index in [0.29, 0.717) is 12.1 Å². The highest BCUT2D eigenvalue weighted by Gasteiger charge is 2.27. The molecule has 1 saturated heterocycles. The van der Waals surface area contributed by atoms with Crippen LogP contribution in [-0.2, 0) is 0 Å². The maximum Gasteiger partial charge on any atom is 0.0373 e. The molecule has 0 aromatic carbocycles. The van der Waals surface area contributed by atoms with E-state index in [2.05, 4.69) is 43.1 Å². The molecule has 2 unspecified atom stereocenters. The molecular formula is C17H37N3. The number of nitrogens with one attached hydrogen (secondary N) is 1. The van der Waals surface area contributed by atoms with Crippen LogP contribution in [0.4, 0.5) is 0 Å². The van der Waals surface area contributed by atoms with Gasteiger partial charge in [-0.1, -0.05) is 46.0 Å². The summed E-state index contributed by atoms with van der Waals surface area (Å²) in [5, 5.41) is 3.75. The maximum atomic E-state index is 3.75. The van der Waals surface area contributed by atoms with Gasteiger partial charge in [-0.15, -0.1) is 0 Å². The Labute approximate surface area is 127 Å². The lowest BCUT2D eigenvalue weighted by molar-refractivity contribution is 0.171. The summed E-state index contributed by atoms with van der Waals surface area (Å²) in [6.07, 6.45) is 9.58. The second kappa shape index (κ2) is 10.6. The van der Waals surface area contributed by atoms with Crippen LogP contribution in [0.2, 0.25) is 0 Å². The van der Waals surface area contributed by atoms with Crippen molar-refractivity contribution >= 4 is 0 Å². The Balaban J connectivity index is 2.44. The lowest BCUT2D eigenvalue weighted by Gasteiger charge is -2.35. The highest BCUT2D eigenvalue weighted by Crippen LogP contribution is 2.16. The average Bonchev–Trinajstić information content (AvgIpc) is 2.59. The normalized spacial score (nSPS) is 23.7. The fourth-order valence-corrected chi connectivity index (χ4v) is 3.40. The molecule has 0 aliphatic carbocycles. The molecule has 120 valence electrons. The quantitative estimate of drug-likeness (QED) is 0.656. The third-order valence-corrected chi connectivity index (χ3v) is 4.66. The fraction of sp³-hybridized carbons (Fsp3) is 1.00. The molecule has 1 aliphatic heterocycles. The first-order valence-corrected chi connectivity index (χ1v) is 8.81. The first kappa shape index (κ1) is 17.9. The summed E-state index contributed by atoms with van der Waals surface area (Å²) in [5.41, 5.74) is 0. The Morgan fingerprint density at radius 3 is 2.50 bits per heavy atom. The molecule has 0 spiro atoms. The summed E-state index contributed by atoms with van der Waals surface area (Å²) in [5.74, 6) is 0. The molecule has 3 heteroatoms. The van der Waals surface area contributed by atoms with Gasteiger partial charge in [0.1, 0.15) is 0 Å². The van der Waals surface area contributed by atoms with Crippen molar-refractivity contribution in [1.29, 1.82) is 0 Å². The van der Waals surface area contributed by atoms with Gasteiger partial charge in [-0.25, -0.2) is 0 Å². The summed E-state index contributed by atoms with van der Waals surface area (Å²) in [6, 6.07) is 1.33. The Morgan fingerprint density at radius 2 is 1.80 bits per heavy atom. The second-order valence-corrected chi connectivity index (χ2v) is 6.53. The van der Waals surface area contributed by atoms with Crippen molar-refractivity contribution in [3.05, 3.63) is 0 Å². The Bertz CT molecular complexity index is 232. The Hall–Kier alpha value is -0.120. The van der Waals surface area contributed by atoms with E-state index >= 15 is 0 Å². The molecule has 0 radical (unpaired) electrons. The predicted octanol–water partition coefficient (Wildman–Crippen LogP) is 2.96. The van der Waals surface area contributed by atoms with Gasteiger partial charge in [0.05, 0.1) is 0 Å². The van der Waals surface area contributed by atoms with Crippen LogP contribution in [0.25, 0.3) is 0 Å². The van der Waals surface area contributed by atoms with Crippen LogP contribution in [0, 0.1) is 0 Å². The monoisotopic (exact) mass is 283 g/mol. The van der Waals surface area contributed by atoms with E-state index in [-0.39, 0.29) is 0 Å². The second-order valence-electron chi connectivity index (χ2n) is 6.53. The molecular weight excluding hydrogens is 246 g/mol. The molecule has 2 atom stereocenters. The molecule has 0 saturated carbocycles. The molecule has 1 N–H and O–H groups in total. The van der Waals surface area contributed by atoms with Gasteiger partial charge >= 0.3 is 0 Å². The third kappa shape index (κ3) is 6.55. The van der Waals surface area contributed by atoms with E-state index in [1.54, 1.807) is 0 Å². The largest absolute Gasteiger partial charge is 0.313 e. The number of unbranched alkanes of at least 4 members (excludes halogenated alkanes) is 4. The Morgan fingerprint density at radius 1 is 1.05 bits per heavy atom. The Kier molecular flexibility index (Phi) is 9.49. The summed E-state index contributed by atoms with van der Waals surface area (Å²) < 4.78 is 0. The van der Waals surface area contributed by atoms with Crippen molar-refractivity contribution in [2.45, 2.75) is 70.9 Å². The van der Waals surface area contributed by atoms with E-state index in [9.17, 15) is 0 Å². The van der Waals surface area contributed by atoms with Crippen molar-refractivity contribution in [1.82, 2.24) is 15.1 Å². The van der Waals surface area contributed by atoms with Crippen molar-refractivity contribution in [3.63, 3.8) is 0 Å². The van der Waals surface area contributed by atoms with Crippen LogP contribution in [0.1, 0.15) is 58.8 Å². The highest BCUT2D eigenvalue weighted by atomic mass is 15.2. The smallest absolute Gasteiger partial charge is 0.0373 e. The molecule has 0 aromatic rings. The predicted molar refractivity (Wildman–Crippen MR) is 89.4 cm³/mol. The molecule has 0 aromatic heterocycles. The van der Waals surface area contributed by atoms with Crippen LogP contribution < -0.4 is 5.32 Å². The van der Waals surface area contributed by atoms with E-state index in [0.717, 1.165) is 6.54 Å².